The van der Waals surface area contributed by atoms with Crippen molar-refractivity contribution in [3.05, 3.63) is 57.6 Å². The van der Waals surface area contributed by atoms with Crippen molar-refractivity contribution in [3.8, 4) is 6.07 Å². The number of hydrogen-bond acceptors (Lipinski definition) is 4. The number of amides is 1. The van der Waals surface area contributed by atoms with Gasteiger partial charge in [0.2, 0.25) is 0 Å². The topological polar surface area (TPSA) is 76.4 Å². The van der Waals surface area contributed by atoms with Gasteiger partial charge in [0.15, 0.2) is 5.60 Å². The largest absolute Gasteiger partial charge is 0.417 e. The van der Waals surface area contributed by atoms with Crippen LogP contribution in [0.2, 0.25) is 0 Å². The normalized spacial score (nSPS) is 15.4. The van der Waals surface area contributed by atoms with Gasteiger partial charge in [-0.2, -0.15) is 18.4 Å². The summed E-state index contributed by atoms with van der Waals surface area (Å²) in [5, 5.41) is 21.9. The van der Waals surface area contributed by atoms with Gasteiger partial charge >= 0.3 is 6.18 Å². The van der Waals surface area contributed by atoms with Gasteiger partial charge in [-0.3, -0.25) is 4.79 Å². The number of nitriles is 1. The van der Waals surface area contributed by atoms with Crippen molar-refractivity contribution in [3.63, 3.8) is 0 Å². The van der Waals surface area contributed by atoms with E-state index >= 15 is 0 Å². The summed E-state index contributed by atoms with van der Waals surface area (Å²) >= 11 is 3.40. The highest BCUT2D eigenvalue weighted by atomic mass is 79.9. The fraction of sp³-hybridized carbons (Fsp3) is 0.300. The van der Waals surface area contributed by atoms with Crippen LogP contribution < -0.4 is 10.2 Å². The number of hydrogen-bond donors (Lipinski definition) is 2. The predicted molar refractivity (Wildman–Crippen MR) is 105 cm³/mol. The van der Waals surface area contributed by atoms with E-state index in [0.29, 0.717) is 12.6 Å². The SMILES string of the molecule is C[C@](O)(CN1CCc2cc(Br)ccc21)C(=O)Nc1ccc(C#N)c(C(F)(F)F)c1. The van der Waals surface area contributed by atoms with Crippen LogP contribution in [0.3, 0.4) is 0 Å². The summed E-state index contributed by atoms with van der Waals surface area (Å²) < 4.78 is 40.2. The average molecular weight is 468 g/mol. The van der Waals surface area contributed by atoms with Crippen LogP contribution in [0.1, 0.15) is 23.6 Å². The highest BCUT2D eigenvalue weighted by molar-refractivity contribution is 9.10. The van der Waals surface area contributed by atoms with Crippen molar-refractivity contribution in [1.29, 1.82) is 5.26 Å². The molecule has 9 heteroatoms. The number of benzene rings is 2. The van der Waals surface area contributed by atoms with E-state index in [1.54, 1.807) is 0 Å². The number of halogens is 4. The highest BCUT2D eigenvalue weighted by Gasteiger charge is 2.37. The third kappa shape index (κ3) is 4.54. The first-order chi connectivity index (χ1) is 13.5. The molecular weight excluding hydrogens is 451 g/mol. The van der Waals surface area contributed by atoms with E-state index in [0.717, 1.165) is 28.2 Å². The molecular formula is C20H17BrF3N3O2. The molecule has 1 atom stereocenters. The Bertz CT molecular complexity index is 999. The lowest BCUT2D eigenvalue weighted by molar-refractivity contribution is -0.138. The van der Waals surface area contributed by atoms with Crippen LogP contribution in [0, 0.1) is 11.3 Å². The molecule has 1 aliphatic rings. The molecule has 0 saturated carbocycles. The maximum Gasteiger partial charge on any atom is 0.417 e. The van der Waals surface area contributed by atoms with E-state index in [2.05, 4.69) is 21.2 Å². The number of anilines is 2. The minimum Gasteiger partial charge on any atom is -0.378 e. The van der Waals surface area contributed by atoms with Gasteiger partial charge in [-0.05, 0) is 55.3 Å². The third-order valence-electron chi connectivity index (χ3n) is 4.72. The maximum atomic E-state index is 13.1. The van der Waals surface area contributed by atoms with Gasteiger partial charge in [-0.25, -0.2) is 0 Å². The first-order valence-corrected chi connectivity index (χ1v) is 9.49. The zero-order chi connectivity index (χ0) is 21.4. The standard InChI is InChI=1S/C20H17BrF3N3O2/c1-19(29,11-27-7-6-12-8-14(21)3-5-17(12)27)18(28)26-15-4-2-13(10-25)16(9-15)20(22,23)24/h2-5,8-9,29H,6-7,11H2,1H3,(H,26,28)/t19-/m0/s1. The minimum atomic E-state index is -4.73. The highest BCUT2D eigenvalue weighted by Crippen LogP contribution is 2.34. The van der Waals surface area contributed by atoms with Gasteiger partial charge in [0.25, 0.3) is 5.91 Å². The average Bonchev–Trinajstić information content (AvgIpc) is 3.02. The summed E-state index contributed by atoms with van der Waals surface area (Å²) in [5.41, 5.74) is -1.69. The van der Waals surface area contributed by atoms with Crippen LogP contribution in [-0.2, 0) is 17.4 Å². The molecule has 2 aromatic carbocycles. The molecule has 29 heavy (non-hydrogen) atoms. The maximum absolute atomic E-state index is 13.1. The quantitative estimate of drug-likeness (QED) is 0.709. The molecule has 0 fully saturated rings. The number of nitrogens with one attached hydrogen (secondary N) is 1. The van der Waals surface area contributed by atoms with Crippen LogP contribution in [0.25, 0.3) is 0 Å². The second-order valence-corrected chi connectivity index (χ2v) is 7.96. The molecule has 0 aliphatic carbocycles. The molecule has 5 nitrogen and oxygen atoms in total. The lowest BCUT2D eigenvalue weighted by Gasteiger charge is -2.29. The smallest absolute Gasteiger partial charge is 0.378 e. The Hall–Kier alpha value is -2.57. The van der Waals surface area contributed by atoms with Crippen molar-refractivity contribution < 1.29 is 23.1 Å². The van der Waals surface area contributed by atoms with E-state index in [1.165, 1.54) is 19.1 Å². The van der Waals surface area contributed by atoms with Crippen LogP contribution >= 0.6 is 15.9 Å². The van der Waals surface area contributed by atoms with Gasteiger partial charge in [0, 0.05) is 22.4 Å². The van der Waals surface area contributed by atoms with Gasteiger partial charge < -0.3 is 15.3 Å². The second kappa shape index (κ2) is 7.69. The van der Waals surface area contributed by atoms with E-state index in [9.17, 15) is 23.1 Å². The van der Waals surface area contributed by atoms with E-state index < -0.39 is 28.8 Å². The molecule has 1 aliphatic heterocycles. The molecule has 2 N–H and O–H groups in total. The van der Waals surface area contributed by atoms with Crippen molar-refractivity contribution in [2.24, 2.45) is 0 Å². The summed E-state index contributed by atoms with van der Waals surface area (Å²) in [4.78, 5) is 14.4. The summed E-state index contributed by atoms with van der Waals surface area (Å²) in [7, 11) is 0. The van der Waals surface area contributed by atoms with E-state index in [4.69, 9.17) is 5.26 Å². The zero-order valence-corrected chi connectivity index (χ0v) is 16.9. The lowest BCUT2D eigenvalue weighted by atomic mass is 10.0. The van der Waals surface area contributed by atoms with Gasteiger partial charge in [-0.15, -0.1) is 0 Å². The molecule has 0 radical (unpaired) electrons. The molecule has 2 aromatic rings. The third-order valence-corrected chi connectivity index (χ3v) is 5.22. The Kier molecular flexibility index (Phi) is 5.61. The number of fused-ring (bicyclic) bond motifs is 1. The first-order valence-electron chi connectivity index (χ1n) is 8.70. The Morgan fingerprint density at radius 2 is 2.03 bits per heavy atom. The van der Waals surface area contributed by atoms with Gasteiger partial charge in [0.1, 0.15) is 0 Å². The molecule has 0 unspecified atom stereocenters. The summed E-state index contributed by atoms with van der Waals surface area (Å²) in [5.74, 6) is -0.833. The number of β-amino-alcohol motifs (C(OH)–C–C–N with tert-alkyl or cyclic N) is 1. The van der Waals surface area contributed by atoms with Crippen molar-refractivity contribution in [2.45, 2.75) is 25.1 Å². The summed E-state index contributed by atoms with van der Waals surface area (Å²) in [6.45, 7) is 1.91. The van der Waals surface area contributed by atoms with Crippen LogP contribution in [0.5, 0.6) is 0 Å². The predicted octanol–water partition coefficient (Wildman–Crippen LogP) is 4.09. The fourth-order valence-electron chi connectivity index (χ4n) is 3.27. The monoisotopic (exact) mass is 467 g/mol. The molecule has 0 aromatic heterocycles. The molecule has 3 rings (SSSR count). The molecule has 0 saturated heterocycles. The zero-order valence-electron chi connectivity index (χ0n) is 15.3. The molecule has 0 bridgehead atoms. The summed E-state index contributed by atoms with van der Waals surface area (Å²) in [6.07, 6.45) is -3.97. The van der Waals surface area contributed by atoms with Crippen LogP contribution in [-0.4, -0.2) is 29.7 Å². The number of rotatable bonds is 4. The number of carbonyl (C=O) groups is 1. The molecule has 152 valence electrons. The second-order valence-electron chi connectivity index (χ2n) is 7.04. The Labute approximate surface area is 173 Å². The first kappa shape index (κ1) is 21.1. The molecule has 1 amide bonds. The fourth-order valence-corrected chi connectivity index (χ4v) is 3.67. The van der Waals surface area contributed by atoms with Gasteiger partial charge in [0.05, 0.1) is 23.7 Å². The molecule has 0 spiro atoms. The van der Waals surface area contributed by atoms with E-state index in [-0.39, 0.29) is 12.2 Å². The minimum absolute atomic E-state index is 0.0180. The number of carbonyl (C=O) groups excluding carboxylic acids is 1. The Morgan fingerprint density at radius 1 is 1.31 bits per heavy atom. The van der Waals surface area contributed by atoms with Gasteiger partial charge in [-0.1, -0.05) is 15.9 Å². The Morgan fingerprint density at radius 3 is 2.69 bits per heavy atom. The van der Waals surface area contributed by atoms with Crippen molar-refractivity contribution in [2.75, 3.05) is 23.3 Å². The van der Waals surface area contributed by atoms with E-state index in [1.807, 2.05) is 23.1 Å². The van der Waals surface area contributed by atoms with Crippen molar-refractivity contribution in [1.82, 2.24) is 0 Å². The Balaban J connectivity index is 1.76. The summed E-state index contributed by atoms with van der Waals surface area (Å²) in [6, 6.07) is 10.1. The van der Waals surface area contributed by atoms with Crippen LogP contribution in [0.15, 0.2) is 40.9 Å². The number of aliphatic hydroxyl groups is 1. The van der Waals surface area contributed by atoms with Crippen LogP contribution in [0.4, 0.5) is 24.5 Å². The number of alkyl halides is 3. The van der Waals surface area contributed by atoms with Crippen molar-refractivity contribution >= 4 is 33.2 Å². The lowest BCUT2D eigenvalue weighted by Crippen LogP contribution is -2.49. The number of nitrogens with zero attached hydrogens (tertiary/aromatic N) is 2. The molecule has 1 heterocycles.